The lowest BCUT2D eigenvalue weighted by Gasteiger charge is -2.16. The van der Waals surface area contributed by atoms with Crippen molar-refractivity contribution in [2.75, 3.05) is 19.8 Å². The molecule has 4 nitrogen and oxygen atoms in total. The molecule has 0 heterocycles. The fourth-order valence-corrected chi connectivity index (χ4v) is 6.08. The van der Waals surface area contributed by atoms with Crippen LogP contribution in [-0.4, -0.2) is 37.0 Å². The summed E-state index contributed by atoms with van der Waals surface area (Å²) < 4.78 is 11.2. The Bertz CT molecular complexity index is 839. The van der Waals surface area contributed by atoms with E-state index in [-0.39, 0.29) is 19.2 Å². The van der Waals surface area contributed by atoms with E-state index < -0.39 is 6.10 Å². The summed E-state index contributed by atoms with van der Waals surface area (Å²) in [5, 5.41) is 9.61. The van der Waals surface area contributed by atoms with Crippen LogP contribution in [0.1, 0.15) is 206 Å². The van der Waals surface area contributed by atoms with Crippen LogP contribution >= 0.6 is 0 Å². The number of esters is 1. The van der Waals surface area contributed by atoms with Crippen LogP contribution in [0.4, 0.5) is 0 Å². The zero-order valence-corrected chi connectivity index (χ0v) is 33.9. The number of aliphatic hydroxyl groups excluding tert-OH is 1. The Balaban J connectivity index is 3.45. The Morgan fingerprint density at radius 2 is 0.882 bits per heavy atom. The largest absolute Gasteiger partial charge is 0.457 e. The monoisotopic (exact) mass is 713 g/mol. The van der Waals surface area contributed by atoms with Gasteiger partial charge in [-0.1, -0.05) is 184 Å². The molecule has 0 radical (unpaired) electrons. The van der Waals surface area contributed by atoms with Crippen LogP contribution in [0.5, 0.6) is 0 Å². The number of ether oxygens (including phenoxy) is 2. The van der Waals surface area contributed by atoms with Crippen LogP contribution in [-0.2, 0) is 14.3 Å². The van der Waals surface area contributed by atoms with Crippen molar-refractivity contribution in [2.45, 2.75) is 213 Å². The van der Waals surface area contributed by atoms with E-state index in [0.717, 1.165) is 44.9 Å². The van der Waals surface area contributed by atoms with Crippen molar-refractivity contribution in [3.05, 3.63) is 60.8 Å². The summed E-state index contributed by atoms with van der Waals surface area (Å²) in [6, 6.07) is 0. The minimum atomic E-state index is -0.541. The van der Waals surface area contributed by atoms with Crippen LogP contribution in [0.25, 0.3) is 0 Å². The van der Waals surface area contributed by atoms with Gasteiger partial charge in [0.05, 0.1) is 13.2 Å². The molecular weight excluding hydrogens is 629 g/mol. The molecule has 1 atom stereocenters. The summed E-state index contributed by atoms with van der Waals surface area (Å²) in [6.07, 6.45) is 58.5. The molecule has 0 amide bonds. The van der Waals surface area contributed by atoms with E-state index in [1.807, 2.05) is 0 Å². The standard InChI is InChI=1S/C47H84O4/c1-3-5-7-9-11-13-15-17-19-21-22-23-24-25-27-29-31-33-35-37-39-41-43-50-45-46(44-48)51-47(49)42-40-38-36-34-32-30-28-26-20-18-16-14-12-10-8-6-4-2/h5,7,11,13,17-20,22-23,46,48H,3-4,6,8-10,12,14-16,21,24-45H2,1-2H3/b7-5-,13-11-,19-17-,20-18-,23-22-. The Kier molecular flexibility index (Phi) is 42.6. The van der Waals surface area contributed by atoms with Gasteiger partial charge in [0.2, 0.25) is 0 Å². The summed E-state index contributed by atoms with van der Waals surface area (Å²) in [5.74, 6) is -0.208. The van der Waals surface area contributed by atoms with E-state index in [0.29, 0.717) is 13.0 Å². The average molecular weight is 713 g/mol. The SMILES string of the molecule is CC/C=C\C/C=C\C/C=C\C/C=C\CCCCCCCCCCCOCC(CO)OC(=O)CCCCCCCCC/C=C\CCCCCCCC. The molecule has 1 N–H and O–H groups in total. The highest BCUT2D eigenvalue weighted by molar-refractivity contribution is 5.69. The third-order valence-electron chi connectivity index (χ3n) is 9.33. The number of aliphatic hydroxyl groups is 1. The number of rotatable bonds is 40. The van der Waals surface area contributed by atoms with Gasteiger partial charge in [0.15, 0.2) is 0 Å². The first-order valence-electron chi connectivity index (χ1n) is 21.9. The number of allylic oxidation sites excluding steroid dienone is 10. The average Bonchev–Trinajstić information content (AvgIpc) is 3.14. The first-order valence-corrected chi connectivity index (χ1v) is 21.9. The van der Waals surface area contributed by atoms with Crippen LogP contribution in [0, 0.1) is 0 Å². The molecule has 0 aromatic rings. The first kappa shape index (κ1) is 49.1. The Hall–Kier alpha value is -1.91. The molecule has 0 aromatic carbocycles. The number of unbranched alkanes of at least 4 members (excludes halogenated alkanes) is 22. The smallest absolute Gasteiger partial charge is 0.306 e. The van der Waals surface area contributed by atoms with Gasteiger partial charge >= 0.3 is 5.97 Å². The fourth-order valence-electron chi connectivity index (χ4n) is 6.08. The Labute approximate surface area is 317 Å². The topological polar surface area (TPSA) is 55.8 Å². The number of hydrogen-bond donors (Lipinski definition) is 1. The maximum atomic E-state index is 12.2. The molecule has 4 heteroatoms. The molecule has 0 aromatic heterocycles. The molecule has 0 saturated carbocycles. The Morgan fingerprint density at radius 3 is 1.35 bits per heavy atom. The maximum absolute atomic E-state index is 12.2. The second kappa shape index (κ2) is 44.3. The predicted molar refractivity (Wildman–Crippen MR) is 223 cm³/mol. The molecule has 51 heavy (non-hydrogen) atoms. The molecule has 1 unspecified atom stereocenters. The van der Waals surface area contributed by atoms with Crippen molar-refractivity contribution >= 4 is 5.97 Å². The van der Waals surface area contributed by atoms with E-state index in [1.165, 1.54) is 141 Å². The summed E-state index contributed by atoms with van der Waals surface area (Å²) in [6.45, 7) is 5.22. The number of hydrogen-bond acceptors (Lipinski definition) is 4. The van der Waals surface area contributed by atoms with Gasteiger partial charge in [-0.2, -0.15) is 0 Å². The lowest BCUT2D eigenvalue weighted by Crippen LogP contribution is -2.27. The highest BCUT2D eigenvalue weighted by Crippen LogP contribution is 2.13. The number of carbonyl (C=O) groups excluding carboxylic acids is 1. The molecule has 0 bridgehead atoms. The second-order valence-corrected chi connectivity index (χ2v) is 14.4. The van der Waals surface area contributed by atoms with E-state index in [4.69, 9.17) is 9.47 Å². The Morgan fingerprint density at radius 1 is 0.490 bits per heavy atom. The van der Waals surface area contributed by atoms with Crippen molar-refractivity contribution in [1.29, 1.82) is 0 Å². The van der Waals surface area contributed by atoms with E-state index in [9.17, 15) is 9.90 Å². The van der Waals surface area contributed by atoms with Crippen LogP contribution in [0.15, 0.2) is 60.8 Å². The fraction of sp³-hybridized carbons (Fsp3) is 0.766. The highest BCUT2D eigenvalue weighted by atomic mass is 16.6. The van der Waals surface area contributed by atoms with E-state index in [2.05, 4.69) is 74.6 Å². The molecule has 0 rings (SSSR count). The lowest BCUT2D eigenvalue weighted by molar-refractivity contribution is -0.154. The van der Waals surface area contributed by atoms with Gasteiger partial charge in [0.25, 0.3) is 0 Å². The van der Waals surface area contributed by atoms with Crippen molar-refractivity contribution < 1.29 is 19.4 Å². The highest BCUT2D eigenvalue weighted by Gasteiger charge is 2.13. The van der Waals surface area contributed by atoms with Crippen molar-refractivity contribution in [2.24, 2.45) is 0 Å². The molecule has 0 aliphatic heterocycles. The lowest BCUT2D eigenvalue weighted by atomic mass is 10.1. The summed E-state index contributed by atoms with van der Waals surface area (Å²) >= 11 is 0. The summed E-state index contributed by atoms with van der Waals surface area (Å²) in [5.41, 5.74) is 0. The number of carbonyl (C=O) groups is 1. The van der Waals surface area contributed by atoms with Gasteiger partial charge in [-0.3, -0.25) is 4.79 Å². The molecule has 0 aliphatic carbocycles. The molecule has 0 saturated heterocycles. The van der Waals surface area contributed by atoms with Crippen molar-refractivity contribution in [1.82, 2.24) is 0 Å². The van der Waals surface area contributed by atoms with Gasteiger partial charge in [0, 0.05) is 13.0 Å². The van der Waals surface area contributed by atoms with Gasteiger partial charge in [-0.05, 0) is 77.0 Å². The zero-order chi connectivity index (χ0) is 37.0. The molecule has 0 spiro atoms. The minimum Gasteiger partial charge on any atom is -0.457 e. The summed E-state index contributed by atoms with van der Waals surface area (Å²) in [4.78, 5) is 12.2. The quantitative estimate of drug-likeness (QED) is 0.0390. The maximum Gasteiger partial charge on any atom is 0.306 e. The normalized spacial score (nSPS) is 12.9. The molecule has 0 aliphatic rings. The minimum absolute atomic E-state index is 0.177. The van der Waals surface area contributed by atoms with E-state index in [1.54, 1.807) is 0 Å². The second-order valence-electron chi connectivity index (χ2n) is 14.4. The third kappa shape index (κ3) is 42.4. The van der Waals surface area contributed by atoms with Gasteiger partial charge in [0.1, 0.15) is 6.10 Å². The van der Waals surface area contributed by atoms with Crippen LogP contribution in [0.3, 0.4) is 0 Å². The molecule has 0 fully saturated rings. The summed E-state index contributed by atoms with van der Waals surface area (Å²) in [7, 11) is 0. The predicted octanol–water partition coefficient (Wildman–Crippen LogP) is 14.4. The van der Waals surface area contributed by atoms with Crippen LogP contribution < -0.4 is 0 Å². The van der Waals surface area contributed by atoms with E-state index >= 15 is 0 Å². The molecule has 296 valence electrons. The van der Waals surface area contributed by atoms with Gasteiger partial charge in [-0.15, -0.1) is 0 Å². The van der Waals surface area contributed by atoms with Crippen molar-refractivity contribution in [3.8, 4) is 0 Å². The van der Waals surface area contributed by atoms with Gasteiger partial charge in [-0.25, -0.2) is 0 Å². The van der Waals surface area contributed by atoms with Crippen molar-refractivity contribution in [3.63, 3.8) is 0 Å². The van der Waals surface area contributed by atoms with Gasteiger partial charge < -0.3 is 14.6 Å². The molecular formula is C47H84O4. The zero-order valence-electron chi connectivity index (χ0n) is 33.9. The third-order valence-corrected chi connectivity index (χ3v) is 9.33. The first-order chi connectivity index (χ1) is 25.2. The van der Waals surface area contributed by atoms with Crippen LogP contribution in [0.2, 0.25) is 0 Å².